The number of hydrogen-bond acceptors (Lipinski definition) is 1. The molecule has 0 bridgehead atoms. The largest absolute Gasteiger partial charge is 0.323 e. The van der Waals surface area contributed by atoms with Gasteiger partial charge >= 0.3 is 6.03 Å². The van der Waals surface area contributed by atoms with Gasteiger partial charge in [-0.05, 0) is 47.5 Å². The van der Waals surface area contributed by atoms with Crippen molar-refractivity contribution in [2.75, 3.05) is 10.6 Å². The maximum absolute atomic E-state index is 12.8. The zero-order valence-corrected chi connectivity index (χ0v) is 12.3. The zero-order valence-electron chi connectivity index (χ0n) is 12.3. The Balaban J connectivity index is 1.64. The van der Waals surface area contributed by atoms with Crippen LogP contribution < -0.4 is 10.6 Å². The first kappa shape index (κ1) is 14.8. The van der Waals surface area contributed by atoms with E-state index in [1.165, 1.54) is 24.3 Å². The lowest BCUT2D eigenvalue weighted by atomic mass is 10.1. The number of benzene rings is 3. The highest BCUT2D eigenvalue weighted by atomic mass is 19.1. The number of urea groups is 1. The molecule has 3 aromatic rings. The van der Waals surface area contributed by atoms with Crippen LogP contribution in [-0.4, -0.2) is 6.03 Å². The number of carbonyl (C=O) groups excluding carboxylic acids is 1. The smallest absolute Gasteiger partial charge is 0.308 e. The SMILES string of the molecule is O=C(Nc1ccc(F)cc1)Nc1ccc(-c2ccccc2)cc1. The molecule has 114 valence electrons. The summed E-state index contributed by atoms with van der Waals surface area (Å²) in [7, 11) is 0. The molecule has 23 heavy (non-hydrogen) atoms. The predicted octanol–water partition coefficient (Wildman–Crippen LogP) is 5.14. The van der Waals surface area contributed by atoms with Gasteiger partial charge in [-0.3, -0.25) is 0 Å². The normalized spacial score (nSPS) is 10.1. The van der Waals surface area contributed by atoms with Gasteiger partial charge in [0.2, 0.25) is 0 Å². The third-order valence-corrected chi connectivity index (χ3v) is 3.35. The van der Waals surface area contributed by atoms with Crippen LogP contribution >= 0.6 is 0 Å². The number of carbonyl (C=O) groups is 1. The lowest BCUT2D eigenvalue weighted by Crippen LogP contribution is -2.19. The molecule has 3 aromatic carbocycles. The highest BCUT2D eigenvalue weighted by molar-refractivity contribution is 5.99. The first-order valence-electron chi connectivity index (χ1n) is 7.20. The fourth-order valence-corrected chi connectivity index (χ4v) is 2.20. The second-order valence-electron chi connectivity index (χ2n) is 5.03. The van der Waals surface area contributed by atoms with Crippen LogP contribution in [0, 0.1) is 5.82 Å². The first-order valence-corrected chi connectivity index (χ1v) is 7.20. The van der Waals surface area contributed by atoms with Crippen molar-refractivity contribution < 1.29 is 9.18 Å². The quantitative estimate of drug-likeness (QED) is 0.691. The molecular formula is C19H15FN2O. The van der Waals surface area contributed by atoms with E-state index in [0.29, 0.717) is 11.4 Å². The van der Waals surface area contributed by atoms with Crippen molar-refractivity contribution >= 4 is 17.4 Å². The van der Waals surface area contributed by atoms with Crippen molar-refractivity contribution in [1.82, 2.24) is 0 Å². The summed E-state index contributed by atoms with van der Waals surface area (Å²) < 4.78 is 12.8. The Morgan fingerprint density at radius 2 is 1.13 bits per heavy atom. The second-order valence-corrected chi connectivity index (χ2v) is 5.03. The summed E-state index contributed by atoms with van der Waals surface area (Å²) in [6, 6.07) is 22.8. The summed E-state index contributed by atoms with van der Waals surface area (Å²) in [5.41, 5.74) is 3.42. The van der Waals surface area contributed by atoms with E-state index in [9.17, 15) is 9.18 Å². The fourth-order valence-electron chi connectivity index (χ4n) is 2.20. The Bertz CT molecular complexity index is 784. The Labute approximate surface area is 133 Å². The number of halogens is 1. The van der Waals surface area contributed by atoms with Gasteiger partial charge in [-0.2, -0.15) is 0 Å². The molecule has 3 rings (SSSR count). The van der Waals surface area contributed by atoms with Crippen molar-refractivity contribution in [2.24, 2.45) is 0 Å². The van der Waals surface area contributed by atoms with E-state index in [0.717, 1.165) is 11.1 Å². The van der Waals surface area contributed by atoms with Crippen molar-refractivity contribution in [3.05, 3.63) is 84.7 Å². The predicted molar refractivity (Wildman–Crippen MR) is 90.9 cm³/mol. The van der Waals surface area contributed by atoms with Crippen molar-refractivity contribution in [3.63, 3.8) is 0 Å². The average molecular weight is 306 g/mol. The number of anilines is 2. The zero-order chi connectivity index (χ0) is 16.1. The summed E-state index contributed by atoms with van der Waals surface area (Å²) in [5.74, 6) is -0.340. The molecule has 0 heterocycles. The lowest BCUT2D eigenvalue weighted by Gasteiger charge is -2.08. The van der Waals surface area contributed by atoms with E-state index in [-0.39, 0.29) is 11.8 Å². The van der Waals surface area contributed by atoms with Gasteiger partial charge in [0.1, 0.15) is 5.82 Å². The van der Waals surface area contributed by atoms with Gasteiger partial charge in [0.15, 0.2) is 0 Å². The summed E-state index contributed by atoms with van der Waals surface area (Å²) in [6.45, 7) is 0. The molecule has 0 radical (unpaired) electrons. The molecule has 2 amide bonds. The van der Waals surface area contributed by atoms with Crippen LogP contribution in [0.25, 0.3) is 11.1 Å². The van der Waals surface area contributed by atoms with Crippen LogP contribution in [0.15, 0.2) is 78.9 Å². The number of nitrogens with one attached hydrogen (secondary N) is 2. The molecule has 0 spiro atoms. The fraction of sp³-hybridized carbons (Fsp3) is 0. The lowest BCUT2D eigenvalue weighted by molar-refractivity contribution is 0.262. The minimum Gasteiger partial charge on any atom is -0.308 e. The van der Waals surface area contributed by atoms with Crippen LogP contribution in [0.5, 0.6) is 0 Å². The van der Waals surface area contributed by atoms with E-state index in [4.69, 9.17) is 0 Å². The van der Waals surface area contributed by atoms with E-state index in [1.54, 1.807) is 0 Å². The number of amides is 2. The molecule has 0 atom stereocenters. The summed E-state index contributed by atoms with van der Waals surface area (Å²) in [5, 5.41) is 5.39. The maximum atomic E-state index is 12.8. The maximum Gasteiger partial charge on any atom is 0.323 e. The molecule has 0 aliphatic carbocycles. The van der Waals surface area contributed by atoms with Crippen LogP contribution in [0.4, 0.5) is 20.6 Å². The Morgan fingerprint density at radius 3 is 1.70 bits per heavy atom. The molecule has 0 saturated carbocycles. The summed E-state index contributed by atoms with van der Waals surface area (Å²) >= 11 is 0. The van der Waals surface area contributed by atoms with Gasteiger partial charge < -0.3 is 10.6 Å². The molecule has 0 unspecified atom stereocenters. The van der Waals surface area contributed by atoms with Crippen molar-refractivity contribution in [2.45, 2.75) is 0 Å². The average Bonchev–Trinajstić information content (AvgIpc) is 2.58. The molecular weight excluding hydrogens is 291 g/mol. The highest BCUT2D eigenvalue weighted by Gasteiger charge is 2.03. The van der Waals surface area contributed by atoms with Crippen LogP contribution in [0.3, 0.4) is 0 Å². The number of rotatable bonds is 3. The molecule has 0 fully saturated rings. The van der Waals surface area contributed by atoms with Gasteiger partial charge in [-0.1, -0.05) is 42.5 Å². The highest BCUT2D eigenvalue weighted by Crippen LogP contribution is 2.21. The Morgan fingerprint density at radius 1 is 0.652 bits per heavy atom. The van der Waals surface area contributed by atoms with Gasteiger partial charge in [-0.25, -0.2) is 9.18 Å². The minimum absolute atomic E-state index is 0.340. The van der Waals surface area contributed by atoms with E-state index in [2.05, 4.69) is 10.6 Å². The molecule has 0 aliphatic heterocycles. The Hall–Kier alpha value is -3.14. The third kappa shape index (κ3) is 3.95. The molecule has 4 heteroatoms. The van der Waals surface area contributed by atoms with Crippen LogP contribution in [0.2, 0.25) is 0 Å². The summed E-state index contributed by atoms with van der Waals surface area (Å²) in [6.07, 6.45) is 0. The van der Waals surface area contributed by atoms with Crippen molar-refractivity contribution in [1.29, 1.82) is 0 Å². The van der Waals surface area contributed by atoms with Gasteiger partial charge in [0.05, 0.1) is 0 Å². The first-order chi connectivity index (χ1) is 11.2. The third-order valence-electron chi connectivity index (χ3n) is 3.35. The molecule has 3 nitrogen and oxygen atoms in total. The molecule has 0 aromatic heterocycles. The van der Waals surface area contributed by atoms with E-state index >= 15 is 0 Å². The molecule has 0 saturated heterocycles. The van der Waals surface area contributed by atoms with E-state index in [1.807, 2.05) is 54.6 Å². The van der Waals surface area contributed by atoms with Crippen molar-refractivity contribution in [3.8, 4) is 11.1 Å². The van der Waals surface area contributed by atoms with Gasteiger partial charge in [-0.15, -0.1) is 0 Å². The standard InChI is InChI=1S/C19H15FN2O/c20-16-8-12-18(13-9-16)22-19(23)21-17-10-6-15(7-11-17)14-4-2-1-3-5-14/h1-13H,(H2,21,22,23). The summed E-state index contributed by atoms with van der Waals surface area (Å²) in [4.78, 5) is 11.9. The molecule has 2 N–H and O–H groups in total. The minimum atomic E-state index is -0.371. The van der Waals surface area contributed by atoms with Crippen LogP contribution in [-0.2, 0) is 0 Å². The topological polar surface area (TPSA) is 41.1 Å². The number of hydrogen-bond donors (Lipinski definition) is 2. The van der Waals surface area contributed by atoms with Gasteiger partial charge in [0.25, 0.3) is 0 Å². The van der Waals surface area contributed by atoms with E-state index < -0.39 is 0 Å². The monoisotopic (exact) mass is 306 g/mol. The second kappa shape index (κ2) is 6.75. The van der Waals surface area contributed by atoms with Crippen LogP contribution in [0.1, 0.15) is 0 Å². The van der Waals surface area contributed by atoms with Gasteiger partial charge in [0, 0.05) is 11.4 Å². The molecule has 0 aliphatic rings. The Kier molecular flexibility index (Phi) is 4.34.